The summed E-state index contributed by atoms with van der Waals surface area (Å²) in [4.78, 5) is 15.9. The molecule has 4 aliphatic carbocycles. The molecular weight excluding hydrogens is 765 g/mol. The molecule has 6 aromatic carbocycles. The molecule has 63 heavy (non-hydrogen) atoms. The van der Waals surface area contributed by atoms with Crippen LogP contribution in [-0.4, -0.2) is 15.0 Å². The lowest BCUT2D eigenvalue weighted by molar-refractivity contribution is 0.0780. The molecule has 2 unspecified atom stereocenters. The van der Waals surface area contributed by atoms with Crippen molar-refractivity contribution in [3.63, 3.8) is 0 Å². The Hall–Kier alpha value is -6.96. The first-order chi connectivity index (χ1) is 30.8. The predicted octanol–water partition coefficient (Wildman–Crippen LogP) is 14.4. The molecule has 2 saturated carbocycles. The van der Waals surface area contributed by atoms with Crippen LogP contribution in [0.1, 0.15) is 86.3 Å². The number of hydrogen-bond donors (Lipinski definition) is 0. The minimum atomic E-state index is -0.573. The van der Waals surface area contributed by atoms with Crippen molar-refractivity contribution in [3.8, 4) is 62.5 Å². The number of fused-ring (bicyclic) bond motifs is 9. The van der Waals surface area contributed by atoms with Gasteiger partial charge in [-0.15, -0.1) is 0 Å². The molecule has 1 aromatic heterocycles. The van der Waals surface area contributed by atoms with Gasteiger partial charge < -0.3 is 0 Å². The smallest absolute Gasteiger partial charge is 0.164 e. The third-order valence-electron chi connectivity index (χ3n) is 14.8. The Labute approximate surface area is 371 Å². The largest absolute Gasteiger partial charge is 0.208 e. The monoisotopic (exact) mass is 814 g/mol. The quantitative estimate of drug-likeness (QED) is 0.150. The van der Waals surface area contributed by atoms with Crippen LogP contribution in [0.3, 0.4) is 0 Å². The van der Waals surface area contributed by atoms with E-state index in [1.165, 1.54) is 65.5 Å². The van der Waals surface area contributed by atoms with Gasteiger partial charge >= 0.3 is 0 Å². The van der Waals surface area contributed by atoms with E-state index in [9.17, 15) is 5.26 Å². The zero-order chi connectivity index (χ0) is 42.9. The van der Waals surface area contributed by atoms with Crippen LogP contribution in [0.2, 0.25) is 0 Å². The van der Waals surface area contributed by atoms with Crippen LogP contribution in [-0.2, 0) is 10.8 Å². The van der Waals surface area contributed by atoms with Crippen molar-refractivity contribution in [1.29, 1.82) is 5.26 Å². The maximum atomic E-state index is 10.1. The Morgan fingerprint density at radius 2 is 1.22 bits per heavy atom. The number of rotatable bonds is 7. The Morgan fingerprint density at radius 1 is 0.587 bits per heavy atom. The van der Waals surface area contributed by atoms with Crippen LogP contribution in [0.25, 0.3) is 62.0 Å². The molecule has 2 fully saturated rings. The molecular formula is C59H50N4. The maximum absolute atomic E-state index is 10.1. The summed E-state index contributed by atoms with van der Waals surface area (Å²) in [6.45, 7) is 11.2. The van der Waals surface area contributed by atoms with Gasteiger partial charge in [0.25, 0.3) is 0 Å². The van der Waals surface area contributed by atoms with Gasteiger partial charge in [-0.05, 0) is 148 Å². The first kappa shape index (κ1) is 38.9. The third kappa shape index (κ3) is 6.28. The Balaban J connectivity index is 1.09. The fourth-order valence-electron chi connectivity index (χ4n) is 12.5. The second-order valence-corrected chi connectivity index (χ2v) is 18.8. The maximum Gasteiger partial charge on any atom is 0.164 e. The summed E-state index contributed by atoms with van der Waals surface area (Å²) in [5.74, 6) is 4.23. The van der Waals surface area contributed by atoms with Crippen molar-refractivity contribution in [2.24, 2.45) is 17.8 Å². The molecule has 0 radical (unpaired) electrons. The van der Waals surface area contributed by atoms with E-state index in [4.69, 9.17) is 15.0 Å². The lowest BCUT2D eigenvalue weighted by atomic mass is 9.54. The summed E-state index contributed by atoms with van der Waals surface area (Å²) in [6, 6.07) is 52.3. The molecule has 0 N–H and O–H groups in total. The molecule has 4 aliphatic rings. The summed E-state index contributed by atoms with van der Waals surface area (Å²) in [7, 11) is 0. The molecule has 4 heteroatoms. The second kappa shape index (κ2) is 15.1. The molecule has 1 heterocycles. The zero-order valence-corrected chi connectivity index (χ0v) is 36.3. The van der Waals surface area contributed by atoms with Crippen LogP contribution >= 0.6 is 0 Å². The van der Waals surface area contributed by atoms with Gasteiger partial charge in [-0.1, -0.05) is 154 Å². The number of benzene rings is 6. The van der Waals surface area contributed by atoms with Gasteiger partial charge in [0.05, 0.1) is 17.0 Å². The van der Waals surface area contributed by atoms with Crippen LogP contribution in [0.15, 0.2) is 170 Å². The molecule has 1 spiro atoms. The molecule has 5 atom stereocenters. The predicted molar refractivity (Wildman–Crippen MR) is 257 cm³/mol. The van der Waals surface area contributed by atoms with E-state index in [1.54, 1.807) is 0 Å². The Kier molecular flexibility index (Phi) is 9.35. The van der Waals surface area contributed by atoms with Gasteiger partial charge in [-0.25, -0.2) is 15.0 Å². The highest BCUT2D eigenvalue weighted by atomic mass is 15.0. The summed E-state index contributed by atoms with van der Waals surface area (Å²) in [5, 5.41) is 10.1. The van der Waals surface area contributed by atoms with E-state index in [0.717, 1.165) is 62.3 Å². The van der Waals surface area contributed by atoms with Crippen molar-refractivity contribution < 1.29 is 0 Å². The summed E-state index contributed by atoms with van der Waals surface area (Å²) >= 11 is 0. The average Bonchev–Trinajstić information content (AvgIpc) is 3.75. The lowest BCUT2D eigenvalue weighted by Gasteiger charge is -2.50. The molecule has 2 bridgehead atoms. The SMILES string of the molecule is C=C/C=C\C1=C(C)C2(c3ccccc31)c1ccc(C#N)cc1-c1ccc(-c3nc(-c4ccc(C56C[C@H](C)C[C@H](C[C@H](C)C5)C6)cc4)nc(-c4cccc(-c5ccccc5)c4)n3)cc12. The van der Waals surface area contributed by atoms with Crippen LogP contribution in [0.5, 0.6) is 0 Å². The number of allylic oxidation sites excluding steroid dienone is 5. The molecule has 0 saturated heterocycles. The first-order valence-corrected chi connectivity index (χ1v) is 22.6. The van der Waals surface area contributed by atoms with Crippen molar-refractivity contribution in [1.82, 2.24) is 15.0 Å². The minimum absolute atomic E-state index is 0.241. The van der Waals surface area contributed by atoms with Gasteiger partial charge in [0.15, 0.2) is 17.5 Å². The van der Waals surface area contributed by atoms with E-state index in [1.807, 2.05) is 24.3 Å². The second-order valence-electron chi connectivity index (χ2n) is 18.8. The van der Waals surface area contributed by atoms with Crippen molar-refractivity contribution in [2.75, 3.05) is 0 Å². The topological polar surface area (TPSA) is 62.5 Å². The highest BCUT2D eigenvalue weighted by Crippen LogP contribution is 2.62. The average molecular weight is 815 g/mol. The molecule has 306 valence electrons. The van der Waals surface area contributed by atoms with Crippen molar-refractivity contribution in [3.05, 3.63) is 203 Å². The number of aromatic nitrogens is 3. The van der Waals surface area contributed by atoms with E-state index in [0.29, 0.717) is 23.0 Å². The standard InChI is InChI=1S/C59H50N4/c1-5-6-17-48-39(4)59(52-19-11-10-18-49(48)52)53-27-20-40(36-60)30-51(53)50-26-23-46(32-54(50)59)57-62-55(61-56(63-57)45-16-12-15-44(31-45)42-13-8-7-9-14-42)43-21-24-47(25-22-43)58-33-37(2)28-41(35-58)29-38(3)34-58/h5-27,30-32,37-38,41H,1,28-29,33-35H2,2-4H3/b17-6-/t37-,38+,41-,58?,59?. The van der Waals surface area contributed by atoms with Crippen LogP contribution in [0, 0.1) is 29.1 Å². The molecule has 0 amide bonds. The Morgan fingerprint density at radius 3 is 1.95 bits per heavy atom. The molecule has 4 nitrogen and oxygen atoms in total. The van der Waals surface area contributed by atoms with E-state index >= 15 is 0 Å². The molecule has 0 aliphatic heterocycles. The van der Waals surface area contributed by atoms with Gasteiger partial charge in [0, 0.05) is 16.7 Å². The van der Waals surface area contributed by atoms with Crippen molar-refractivity contribution >= 4 is 5.57 Å². The van der Waals surface area contributed by atoms with Crippen LogP contribution < -0.4 is 0 Å². The van der Waals surface area contributed by atoms with Gasteiger partial charge in [0.2, 0.25) is 0 Å². The fraction of sp³-hybridized carbons (Fsp3) is 0.220. The number of nitrogens with zero attached hydrogens (tertiary/aromatic N) is 4. The van der Waals surface area contributed by atoms with E-state index in [2.05, 4.69) is 167 Å². The zero-order valence-electron chi connectivity index (χ0n) is 36.3. The molecule has 11 rings (SSSR count). The van der Waals surface area contributed by atoms with E-state index < -0.39 is 5.41 Å². The van der Waals surface area contributed by atoms with Gasteiger partial charge in [-0.2, -0.15) is 5.26 Å². The number of hydrogen-bond acceptors (Lipinski definition) is 4. The number of nitriles is 1. The summed E-state index contributed by atoms with van der Waals surface area (Å²) in [5.41, 5.74) is 16.3. The summed E-state index contributed by atoms with van der Waals surface area (Å²) in [6.07, 6.45) is 12.6. The van der Waals surface area contributed by atoms with Crippen molar-refractivity contribution in [2.45, 2.75) is 63.7 Å². The van der Waals surface area contributed by atoms with Crippen LogP contribution in [0.4, 0.5) is 0 Å². The highest BCUT2D eigenvalue weighted by molar-refractivity contribution is 5.97. The molecule has 7 aromatic rings. The first-order valence-electron chi connectivity index (χ1n) is 22.6. The third-order valence-corrected chi connectivity index (χ3v) is 14.8. The summed E-state index contributed by atoms with van der Waals surface area (Å²) < 4.78 is 0. The Bertz CT molecular complexity index is 3050. The minimum Gasteiger partial charge on any atom is -0.208 e. The normalized spacial score (nSPS) is 23.0. The fourth-order valence-corrected chi connectivity index (χ4v) is 12.5. The van der Waals surface area contributed by atoms with Gasteiger partial charge in [0.1, 0.15) is 0 Å². The highest BCUT2D eigenvalue weighted by Gasteiger charge is 2.51. The van der Waals surface area contributed by atoms with Gasteiger partial charge in [-0.3, -0.25) is 0 Å². The van der Waals surface area contributed by atoms with E-state index in [-0.39, 0.29) is 5.41 Å². The lowest BCUT2D eigenvalue weighted by Crippen LogP contribution is -2.42.